The molecule has 6 nitrogen and oxygen atoms in total. The average Bonchev–Trinajstić information content (AvgIpc) is 2.49. The Morgan fingerprint density at radius 1 is 1.32 bits per heavy atom. The Balaban J connectivity index is 2.53. The number of carbonyl (C=O) groups is 2. The van der Waals surface area contributed by atoms with Gasteiger partial charge in [-0.05, 0) is 37.5 Å². The summed E-state index contributed by atoms with van der Waals surface area (Å²) < 4.78 is 11.0. The van der Waals surface area contributed by atoms with Crippen LogP contribution in [0.15, 0.2) is 24.3 Å². The molecule has 0 spiro atoms. The largest absolute Gasteiger partial charge is 0.497 e. The van der Waals surface area contributed by atoms with Gasteiger partial charge in [0, 0.05) is 13.5 Å². The second kappa shape index (κ2) is 5.96. The summed E-state index contributed by atoms with van der Waals surface area (Å²) in [7, 11) is 1.56. The van der Waals surface area contributed by atoms with Crippen LogP contribution in [0.5, 0.6) is 5.75 Å². The molecule has 2 N–H and O–H groups in total. The van der Waals surface area contributed by atoms with Crippen LogP contribution in [0.1, 0.15) is 32.3 Å². The van der Waals surface area contributed by atoms with Gasteiger partial charge in [0.1, 0.15) is 11.4 Å². The molecule has 2 atom stereocenters. The molecule has 1 aliphatic heterocycles. The van der Waals surface area contributed by atoms with Crippen molar-refractivity contribution in [2.75, 3.05) is 13.7 Å². The molecule has 0 bridgehead atoms. The summed E-state index contributed by atoms with van der Waals surface area (Å²) >= 11 is 0. The van der Waals surface area contributed by atoms with Crippen molar-refractivity contribution in [2.24, 2.45) is 0 Å². The van der Waals surface area contributed by atoms with Gasteiger partial charge in [-0.3, -0.25) is 4.79 Å². The van der Waals surface area contributed by atoms with Crippen LogP contribution < -0.4 is 10.1 Å². The summed E-state index contributed by atoms with van der Waals surface area (Å²) in [6, 6.07) is 7.03. The highest BCUT2D eigenvalue weighted by Gasteiger charge is 2.58. The van der Waals surface area contributed by atoms with Gasteiger partial charge in [0.15, 0.2) is 5.54 Å². The van der Waals surface area contributed by atoms with Crippen LogP contribution in [0.3, 0.4) is 0 Å². The summed E-state index contributed by atoms with van der Waals surface area (Å²) in [6.07, 6.45) is 0.878. The lowest BCUT2D eigenvalue weighted by Crippen LogP contribution is -2.68. The molecule has 1 aromatic carbocycles. The molecule has 1 saturated heterocycles. The van der Waals surface area contributed by atoms with Crippen LogP contribution >= 0.6 is 0 Å². The van der Waals surface area contributed by atoms with Crippen molar-refractivity contribution in [3.63, 3.8) is 0 Å². The fourth-order valence-electron chi connectivity index (χ4n) is 3.06. The second-order valence-electron chi connectivity index (χ2n) is 5.61. The van der Waals surface area contributed by atoms with Crippen molar-refractivity contribution in [1.82, 2.24) is 5.32 Å². The van der Waals surface area contributed by atoms with Crippen molar-refractivity contribution >= 4 is 11.9 Å². The first-order valence-electron chi connectivity index (χ1n) is 7.16. The first kappa shape index (κ1) is 16.3. The zero-order valence-electron chi connectivity index (χ0n) is 13.0. The number of nitrogens with one attached hydrogen (secondary N) is 1. The number of rotatable bonds is 4. The first-order valence-corrected chi connectivity index (χ1v) is 7.16. The predicted octanol–water partition coefficient (Wildman–Crippen LogP) is 1.68. The van der Waals surface area contributed by atoms with E-state index in [1.54, 1.807) is 38.3 Å². The standard InChI is InChI=1S/C16H21NO5/c1-11(18)17-16(14(19)20)9-4-10-22-15(16,2)12-5-7-13(21-3)8-6-12/h5-8H,4,9-10H2,1-3H3,(H,17,18)(H,19,20). The molecule has 1 heterocycles. The molecule has 22 heavy (non-hydrogen) atoms. The normalized spacial score (nSPS) is 28.0. The van der Waals surface area contributed by atoms with Gasteiger partial charge in [0.25, 0.3) is 0 Å². The van der Waals surface area contributed by atoms with Crippen LogP contribution in [0, 0.1) is 0 Å². The zero-order chi connectivity index (χ0) is 16.4. The highest BCUT2D eigenvalue weighted by Crippen LogP contribution is 2.43. The van der Waals surface area contributed by atoms with E-state index in [4.69, 9.17) is 9.47 Å². The summed E-state index contributed by atoms with van der Waals surface area (Å²) in [5, 5.41) is 12.4. The number of aliphatic carboxylic acids is 1. The smallest absolute Gasteiger partial charge is 0.332 e. The number of ether oxygens (including phenoxy) is 2. The van der Waals surface area contributed by atoms with Crippen LogP contribution in [0.25, 0.3) is 0 Å². The third-order valence-electron chi connectivity index (χ3n) is 4.30. The Morgan fingerprint density at radius 3 is 2.45 bits per heavy atom. The van der Waals surface area contributed by atoms with Crippen LogP contribution in [0.2, 0.25) is 0 Å². The maximum absolute atomic E-state index is 12.0. The molecule has 1 amide bonds. The van der Waals surface area contributed by atoms with Gasteiger partial charge in [-0.15, -0.1) is 0 Å². The van der Waals surface area contributed by atoms with Gasteiger partial charge in [0.05, 0.1) is 7.11 Å². The third kappa shape index (κ3) is 2.54. The Bertz CT molecular complexity index is 570. The van der Waals surface area contributed by atoms with E-state index in [0.717, 1.165) is 0 Å². The van der Waals surface area contributed by atoms with Gasteiger partial charge in [-0.1, -0.05) is 12.1 Å². The minimum atomic E-state index is -1.49. The number of benzene rings is 1. The molecule has 120 valence electrons. The molecule has 2 rings (SSSR count). The monoisotopic (exact) mass is 307 g/mol. The van der Waals surface area contributed by atoms with E-state index in [1.807, 2.05) is 0 Å². The number of hydrogen-bond acceptors (Lipinski definition) is 4. The topological polar surface area (TPSA) is 84.9 Å². The van der Waals surface area contributed by atoms with E-state index in [0.29, 0.717) is 30.8 Å². The van der Waals surface area contributed by atoms with Crippen molar-refractivity contribution in [3.05, 3.63) is 29.8 Å². The lowest BCUT2D eigenvalue weighted by Gasteiger charge is -2.49. The summed E-state index contributed by atoms with van der Waals surface area (Å²) in [5.41, 5.74) is -1.97. The lowest BCUT2D eigenvalue weighted by atomic mass is 9.71. The van der Waals surface area contributed by atoms with Crippen molar-refractivity contribution < 1.29 is 24.2 Å². The minimum Gasteiger partial charge on any atom is -0.497 e. The Kier molecular flexibility index (Phi) is 4.42. The highest BCUT2D eigenvalue weighted by atomic mass is 16.5. The summed E-state index contributed by atoms with van der Waals surface area (Å²) in [6.45, 7) is 3.46. The van der Waals surface area contributed by atoms with Crippen molar-refractivity contribution in [3.8, 4) is 5.75 Å². The molecule has 1 aliphatic rings. The van der Waals surface area contributed by atoms with E-state index in [-0.39, 0.29) is 0 Å². The quantitative estimate of drug-likeness (QED) is 0.884. The van der Waals surface area contributed by atoms with Gasteiger partial charge in [-0.25, -0.2) is 4.79 Å². The third-order valence-corrected chi connectivity index (χ3v) is 4.30. The number of carboxylic acids is 1. The number of carbonyl (C=O) groups excluding carboxylic acids is 1. The minimum absolute atomic E-state index is 0.310. The molecular formula is C16H21NO5. The first-order chi connectivity index (χ1) is 10.4. The fourth-order valence-corrected chi connectivity index (χ4v) is 3.06. The molecule has 0 saturated carbocycles. The molecule has 2 unspecified atom stereocenters. The Labute approximate surface area is 129 Å². The lowest BCUT2D eigenvalue weighted by molar-refractivity contribution is -0.181. The molecule has 1 aromatic rings. The summed E-state index contributed by atoms with van der Waals surface area (Å²) in [5.74, 6) is -0.822. The number of hydrogen-bond donors (Lipinski definition) is 2. The SMILES string of the molecule is COc1ccc(C2(C)OCCCC2(NC(C)=O)C(=O)O)cc1. The van der Waals surface area contributed by atoms with E-state index in [1.165, 1.54) is 6.92 Å². The molecule has 6 heteroatoms. The Morgan fingerprint density at radius 2 is 1.95 bits per heavy atom. The number of amides is 1. The van der Waals surface area contributed by atoms with Crippen LogP contribution in [-0.4, -0.2) is 36.2 Å². The maximum atomic E-state index is 12.0. The molecule has 0 radical (unpaired) electrons. The molecule has 0 aromatic heterocycles. The number of methoxy groups -OCH3 is 1. The van der Waals surface area contributed by atoms with Gasteiger partial charge in [-0.2, -0.15) is 0 Å². The fraction of sp³-hybridized carbons (Fsp3) is 0.500. The average molecular weight is 307 g/mol. The van der Waals surface area contributed by atoms with Gasteiger partial charge < -0.3 is 19.9 Å². The van der Waals surface area contributed by atoms with Crippen LogP contribution in [0.4, 0.5) is 0 Å². The number of carboxylic acid groups (broad SMARTS) is 1. The second-order valence-corrected chi connectivity index (χ2v) is 5.61. The highest BCUT2D eigenvalue weighted by molar-refractivity contribution is 5.88. The van der Waals surface area contributed by atoms with Gasteiger partial charge in [0.2, 0.25) is 5.91 Å². The van der Waals surface area contributed by atoms with Gasteiger partial charge >= 0.3 is 5.97 Å². The Hall–Kier alpha value is -2.08. The molecule has 1 fully saturated rings. The predicted molar refractivity (Wildman–Crippen MR) is 79.7 cm³/mol. The zero-order valence-corrected chi connectivity index (χ0v) is 13.0. The summed E-state index contributed by atoms with van der Waals surface area (Å²) in [4.78, 5) is 23.6. The van der Waals surface area contributed by atoms with E-state index >= 15 is 0 Å². The van der Waals surface area contributed by atoms with E-state index in [9.17, 15) is 14.7 Å². The van der Waals surface area contributed by atoms with Crippen LogP contribution in [-0.2, 0) is 19.9 Å². The molecular weight excluding hydrogens is 286 g/mol. The van der Waals surface area contributed by atoms with Crippen molar-refractivity contribution in [1.29, 1.82) is 0 Å². The molecule has 0 aliphatic carbocycles. The maximum Gasteiger partial charge on any atom is 0.332 e. The van der Waals surface area contributed by atoms with E-state index in [2.05, 4.69) is 5.32 Å². The van der Waals surface area contributed by atoms with E-state index < -0.39 is 23.0 Å². The van der Waals surface area contributed by atoms with Crippen molar-refractivity contribution in [2.45, 2.75) is 37.8 Å².